The van der Waals surface area contributed by atoms with Crippen LogP contribution < -0.4 is 0 Å². The Morgan fingerprint density at radius 1 is 1.04 bits per heavy atom. The summed E-state index contributed by atoms with van der Waals surface area (Å²) >= 11 is 0. The third-order valence-electron chi connectivity index (χ3n) is 4.86. The number of likely N-dealkylation sites (N-methyl/N-ethyl adjacent to an activating group) is 1. The van der Waals surface area contributed by atoms with Gasteiger partial charge in [0.25, 0.3) is 5.91 Å². The summed E-state index contributed by atoms with van der Waals surface area (Å²) in [7, 11) is 1.60. The lowest BCUT2D eigenvalue weighted by Gasteiger charge is -2.17. The Morgan fingerprint density at radius 2 is 1.64 bits per heavy atom. The number of aromatic nitrogens is 1. The van der Waals surface area contributed by atoms with Crippen molar-refractivity contribution in [2.75, 3.05) is 20.2 Å². The van der Waals surface area contributed by atoms with Crippen LogP contribution in [-0.2, 0) is 11.3 Å². The zero-order valence-corrected chi connectivity index (χ0v) is 17.5. The number of ketones is 1. The van der Waals surface area contributed by atoms with Gasteiger partial charge in [-0.25, -0.2) is 4.79 Å². The first-order valence-corrected chi connectivity index (χ1v) is 9.44. The summed E-state index contributed by atoms with van der Waals surface area (Å²) in [5.41, 5.74) is 3.79. The number of esters is 1. The molecular formula is C22H28N2O4. The molecule has 1 heterocycles. The standard InChI is InChI=1S/C22H28N2O4/c1-7-24-16(5)19(15(4)20(24)22(27)28-8-2)18(25)13-23(6)21(26)17-11-9-14(3)10-12-17/h9-12H,7-8,13H2,1-6H3. The van der Waals surface area contributed by atoms with E-state index < -0.39 is 5.97 Å². The molecular weight excluding hydrogens is 356 g/mol. The van der Waals surface area contributed by atoms with Crippen molar-refractivity contribution in [1.29, 1.82) is 0 Å². The van der Waals surface area contributed by atoms with E-state index in [0.29, 0.717) is 34.6 Å². The van der Waals surface area contributed by atoms with E-state index in [2.05, 4.69) is 0 Å². The van der Waals surface area contributed by atoms with Crippen LogP contribution in [-0.4, -0.2) is 47.3 Å². The van der Waals surface area contributed by atoms with Crippen LogP contribution in [0.15, 0.2) is 24.3 Å². The maximum Gasteiger partial charge on any atom is 0.355 e. The molecule has 2 rings (SSSR count). The zero-order chi connectivity index (χ0) is 21.0. The number of ether oxygens (including phenoxy) is 1. The normalized spacial score (nSPS) is 10.6. The molecule has 0 aliphatic heterocycles. The van der Waals surface area contributed by atoms with E-state index in [9.17, 15) is 14.4 Å². The van der Waals surface area contributed by atoms with Crippen LogP contribution in [0.2, 0.25) is 0 Å². The van der Waals surface area contributed by atoms with Gasteiger partial charge in [-0.15, -0.1) is 0 Å². The number of rotatable bonds is 7. The second-order valence-electron chi connectivity index (χ2n) is 6.85. The highest BCUT2D eigenvalue weighted by atomic mass is 16.5. The van der Waals surface area contributed by atoms with Gasteiger partial charge in [0, 0.05) is 30.4 Å². The average Bonchev–Trinajstić information content (AvgIpc) is 2.91. The highest BCUT2D eigenvalue weighted by Crippen LogP contribution is 2.24. The molecule has 0 aliphatic rings. The topological polar surface area (TPSA) is 68.6 Å². The number of nitrogens with zero attached hydrogens (tertiary/aromatic N) is 2. The van der Waals surface area contributed by atoms with E-state index in [1.54, 1.807) is 37.6 Å². The van der Waals surface area contributed by atoms with Crippen LogP contribution in [0.3, 0.4) is 0 Å². The number of hydrogen-bond acceptors (Lipinski definition) is 4. The fourth-order valence-corrected chi connectivity index (χ4v) is 3.45. The summed E-state index contributed by atoms with van der Waals surface area (Å²) in [6, 6.07) is 7.23. The molecule has 6 nitrogen and oxygen atoms in total. The lowest BCUT2D eigenvalue weighted by Crippen LogP contribution is -2.32. The van der Waals surface area contributed by atoms with Gasteiger partial charge in [-0.05, 0) is 52.3 Å². The molecule has 150 valence electrons. The zero-order valence-electron chi connectivity index (χ0n) is 17.5. The van der Waals surface area contributed by atoms with Gasteiger partial charge < -0.3 is 14.2 Å². The molecule has 6 heteroatoms. The summed E-state index contributed by atoms with van der Waals surface area (Å²) in [6.45, 7) is 9.93. The molecule has 1 aromatic heterocycles. The molecule has 0 spiro atoms. The fraction of sp³-hybridized carbons (Fsp3) is 0.409. The predicted octanol–water partition coefficient (Wildman–Crippen LogP) is 3.56. The highest BCUT2D eigenvalue weighted by Gasteiger charge is 2.27. The smallest absolute Gasteiger partial charge is 0.355 e. The van der Waals surface area contributed by atoms with Crippen molar-refractivity contribution in [3.63, 3.8) is 0 Å². The maximum atomic E-state index is 13.0. The third kappa shape index (κ3) is 4.16. The van der Waals surface area contributed by atoms with E-state index in [4.69, 9.17) is 4.74 Å². The predicted molar refractivity (Wildman–Crippen MR) is 108 cm³/mol. The largest absolute Gasteiger partial charge is 0.461 e. The summed E-state index contributed by atoms with van der Waals surface area (Å²) in [4.78, 5) is 39.4. The minimum Gasteiger partial charge on any atom is -0.461 e. The van der Waals surface area contributed by atoms with Gasteiger partial charge in [0.2, 0.25) is 0 Å². The minimum atomic E-state index is -0.437. The third-order valence-corrected chi connectivity index (χ3v) is 4.86. The number of aryl methyl sites for hydroxylation is 1. The van der Waals surface area contributed by atoms with Gasteiger partial charge in [0.1, 0.15) is 5.69 Å². The van der Waals surface area contributed by atoms with Crippen LogP contribution in [0.25, 0.3) is 0 Å². The Hall–Kier alpha value is -2.89. The van der Waals surface area contributed by atoms with Crippen molar-refractivity contribution in [3.8, 4) is 0 Å². The Bertz CT molecular complexity index is 894. The first kappa shape index (κ1) is 21.4. The van der Waals surface area contributed by atoms with Crippen molar-refractivity contribution < 1.29 is 19.1 Å². The molecule has 0 bridgehead atoms. The van der Waals surface area contributed by atoms with E-state index >= 15 is 0 Å². The van der Waals surface area contributed by atoms with Gasteiger partial charge in [0.05, 0.1) is 13.2 Å². The summed E-state index contributed by atoms with van der Waals surface area (Å²) in [5.74, 6) is -0.854. The number of amides is 1. The molecule has 0 N–H and O–H groups in total. The molecule has 1 amide bonds. The lowest BCUT2D eigenvalue weighted by molar-refractivity contribution is 0.0512. The second kappa shape index (κ2) is 8.87. The van der Waals surface area contributed by atoms with Gasteiger partial charge >= 0.3 is 5.97 Å². The number of carbonyl (C=O) groups excluding carboxylic acids is 3. The van der Waals surface area contributed by atoms with Crippen LogP contribution in [0.1, 0.15) is 61.9 Å². The number of Topliss-reactive ketones (excluding diaryl/α,β-unsaturated/α-hetero) is 1. The van der Waals surface area contributed by atoms with Gasteiger partial charge in [-0.2, -0.15) is 0 Å². The number of hydrogen-bond donors (Lipinski definition) is 0. The lowest BCUT2D eigenvalue weighted by atomic mass is 10.0. The van der Waals surface area contributed by atoms with E-state index in [1.807, 2.05) is 32.9 Å². The Balaban J connectivity index is 2.29. The molecule has 2 aromatic rings. The van der Waals surface area contributed by atoms with Crippen molar-refractivity contribution in [3.05, 3.63) is 57.9 Å². The molecule has 0 atom stereocenters. The second-order valence-corrected chi connectivity index (χ2v) is 6.85. The van der Waals surface area contributed by atoms with Crippen LogP contribution in [0.4, 0.5) is 0 Å². The van der Waals surface area contributed by atoms with Crippen LogP contribution in [0.5, 0.6) is 0 Å². The van der Waals surface area contributed by atoms with E-state index in [-0.39, 0.29) is 24.8 Å². The Kier molecular flexibility index (Phi) is 6.78. The molecule has 1 aromatic carbocycles. The van der Waals surface area contributed by atoms with Crippen LogP contribution >= 0.6 is 0 Å². The first-order valence-electron chi connectivity index (χ1n) is 9.44. The monoisotopic (exact) mass is 384 g/mol. The van der Waals surface area contributed by atoms with Crippen molar-refractivity contribution in [1.82, 2.24) is 9.47 Å². The minimum absolute atomic E-state index is 0.0651. The summed E-state index contributed by atoms with van der Waals surface area (Å²) in [5, 5.41) is 0. The molecule has 0 aliphatic carbocycles. The van der Waals surface area contributed by atoms with Gasteiger partial charge in [-0.3, -0.25) is 9.59 Å². The summed E-state index contributed by atoms with van der Waals surface area (Å²) < 4.78 is 6.94. The SMILES string of the molecule is CCOC(=O)c1c(C)c(C(=O)CN(C)C(=O)c2ccc(C)cc2)c(C)n1CC. The Labute approximate surface area is 166 Å². The average molecular weight is 384 g/mol. The summed E-state index contributed by atoms with van der Waals surface area (Å²) in [6.07, 6.45) is 0. The molecule has 0 saturated heterocycles. The quantitative estimate of drug-likeness (QED) is 0.541. The van der Waals surface area contributed by atoms with Crippen molar-refractivity contribution in [2.45, 2.75) is 41.2 Å². The molecule has 0 saturated carbocycles. The van der Waals surface area contributed by atoms with E-state index in [0.717, 1.165) is 5.56 Å². The van der Waals surface area contributed by atoms with E-state index in [1.165, 1.54) is 4.90 Å². The van der Waals surface area contributed by atoms with Gasteiger partial charge in [0.15, 0.2) is 5.78 Å². The molecule has 0 fully saturated rings. The van der Waals surface area contributed by atoms with Crippen LogP contribution in [0, 0.1) is 20.8 Å². The number of carbonyl (C=O) groups is 3. The van der Waals surface area contributed by atoms with Crippen molar-refractivity contribution >= 4 is 17.7 Å². The van der Waals surface area contributed by atoms with Gasteiger partial charge in [-0.1, -0.05) is 17.7 Å². The molecule has 0 radical (unpaired) electrons. The number of benzene rings is 1. The Morgan fingerprint density at radius 3 is 2.18 bits per heavy atom. The van der Waals surface area contributed by atoms with Crippen molar-refractivity contribution in [2.24, 2.45) is 0 Å². The molecule has 28 heavy (non-hydrogen) atoms. The highest BCUT2D eigenvalue weighted by molar-refractivity contribution is 6.06. The maximum absolute atomic E-state index is 13.0. The fourth-order valence-electron chi connectivity index (χ4n) is 3.45. The molecule has 0 unspecified atom stereocenters. The first-order chi connectivity index (χ1) is 13.2.